The molecule has 1 rings (SSSR count). The number of benzene rings is 1. The van der Waals surface area contributed by atoms with Gasteiger partial charge in [-0.25, -0.2) is 8.42 Å². The van der Waals surface area contributed by atoms with Crippen molar-refractivity contribution >= 4 is 27.4 Å². The van der Waals surface area contributed by atoms with E-state index >= 15 is 0 Å². The number of nitrogen functional groups attached to an aromatic ring is 1. The monoisotopic (exact) mass is 259 g/mol. The molecule has 72 valence electrons. The Labute approximate surface area is 130 Å². The summed E-state index contributed by atoms with van der Waals surface area (Å²) < 4.78 is 32.1. The first-order valence-electron chi connectivity index (χ1n) is 3.34. The summed E-state index contributed by atoms with van der Waals surface area (Å²) in [5, 5.41) is -0.141. The maximum atomic E-state index is 10.7. The van der Waals surface area contributed by atoms with Gasteiger partial charge in [-0.2, -0.15) is 0 Å². The molecule has 0 unspecified atom stereocenters. The fourth-order valence-electron chi connectivity index (χ4n) is 0.925. The molecule has 0 amide bonds. The van der Waals surface area contributed by atoms with Crippen LogP contribution < -0.4 is 57.1 Å². The van der Waals surface area contributed by atoms with Crippen molar-refractivity contribution in [2.24, 2.45) is 0 Å². The summed E-state index contributed by atoms with van der Waals surface area (Å²) in [6.45, 7) is 1.60. The van der Waals surface area contributed by atoms with Crippen molar-refractivity contribution in [3.05, 3.63) is 22.7 Å². The Hall–Kier alpha value is 0.856. The van der Waals surface area contributed by atoms with E-state index in [1.807, 2.05) is 0 Å². The fraction of sp³-hybridized carbons (Fsp3) is 0.143. The average molecular weight is 260 g/mol. The molecule has 1 aromatic rings. The van der Waals surface area contributed by atoms with Crippen LogP contribution >= 0.6 is 11.6 Å². The predicted molar refractivity (Wildman–Crippen MR) is 48.6 cm³/mol. The quantitative estimate of drug-likeness (QED) is 0.364. The average Bonchev–Trinajstić information content (AvgIpc) is 1.95. The minimum atomic E-state index is -4.59. The second-order valence-electron chi connectivity index (χ2n) is 2.56. The Morgan fingerprint density at radius 1 is 1.43 bits per heavy atom. The van der Waals surface area contributed by atoms with Gasteiger partial charge in [-0.05, 0) is 18.6 Å². The van der Waals surface area contributed by atoms with Gasteiger partial charge in [-0.1, -0.05) is 17.7 Å². The van der Waals surface area contributed by atoms with Gasteiger partial charge in [0.15, 0.2) is 0 Å². The van der Waals surface area contributed by atoms with Crippen molar-refractivity contribution in [1.82, 2.24) is 0 Å². The van der Waals surface area contributed by atoms with Gasteiger partial charge in [-0.3, -0.25) is 0 Å². The number of rotatable bonds is 1. The van der Waals surface area contributed by atoms with E-state index in [1.165, 1.54) is 6.07 Å². The molecule has 0 aliphatic carbocycles. The van der Waals surface area contributed by atoms with Gasteiger partial charge in [-0.15, -0.1) is 0 Å². The third-order valence-corrected chi connectivity index (χ3v) is 2.98. The SMILES string of the molecule is Cc1ccc(Cl)c(S(=O)(=O)[O-])c1N.[K+]. The van der Waals surface area contributed by atoms with Crippen LogP contribution in [0.25, 0.3) is 0 Å². The topological polar surface area (TPSA) is 83.2 Å². The number of aryl methyl sites for hydroxylation is 1. The number of halogens is 1. The zero-order valence-corrected chi connectivity index (χ0v) is 12.4. The predicted octanol–water partition coefficient (Wildman–Crippen LogP) is -1.86. The second kappa shape index (κ2) is 5.27. The van der Waals surface area contributed by atoms with Gasteiger partial charge in [0.2, 0.25) is 0 Å². The number of nitrogens with two attached hydrogens (primary N) is 1. The molecule has 0 spiro atoms. The zero-order chi connectivity index (χ0) is 10.2. The minimum absolute atomic E-state index is 0. The summed E-state index contributed by atoms with van der Waals surface area (Å²) in [4.78, 5) is -0.533. The Kier molecular flexibility index (Phi) is 5.59. The molecular formula is C7H7ClKNO3S. The molecule has 0 atom stereocenters. The molecule has 0 bridgehead atoms. The van der Waals surface area contributed by atoms with Crippen molar-refractivity contribution in [2.75, 3.05) is 5.73 Å². The fourth-order valence-corrected chi connectivity index (χ4v) is 2.11. The second-order valence-corrected chi connectivity index (χ2v) is 4.28. The molecular weight excluding hydrogens is 253 g/mol. The van der Waals surface area contributed by atoms with Crippen molar-refractivity contribution in [3.63, 3.8) is 0 Å². The van der Waals surface area contributed by atoms with E-state index in [0.717, 1.165) is 0 Å². The van der Waals surface area contributed by atoms with Crippen LogP contribution in [0.1, 0.15) is 5.56 Å². The van der Waals surface area contributed by atoms with Gasteiger partial charge in [0.1, 0.15) is 10.1 Å². The number of anilines is 1. The van der Waals surface area contributed by atoms with Crippen molar-refractivity contribution in [2.45, 2.75) is 11.8 Å². The van der Waals surface area contributed by atoms with Crippen molar-refractivity contribution in [3.8, 4) is 0 Å². The van der Waals surface area contributed by atoms with Gasteiger partial charge < -0.3 is 10.3 Å². The Bertz CT molecular complexity index is 446. The van der Waals surface area contributed by atoms with E-state index in [1.54, 1.807) is 13.0 Å². The van der Waals surface area contributed by atoms with Gasteiger partial charge in [0.25, 0.3) is 0 Å². The summed E-state index contributed by atoms with van der Waals surface area (Å²) in [6, 6.07) is 2.88. The Morgan fingerprint density at radius 3 is 2.29 bits per heavy atom. The first kappa shape index (κ1) is 14.9. The smallest absolute Gasteiger partial charge is 0.744 e. The molecule has 0 heterocycles. The number of hydrogen-bond acceptors (Lipinski definition) is 4. The summed E-state index contributed by atoms with van der Waals surface area (Å²) in [6.07, 6.45) is 0. The van der Waals surface area contributed by atoms with Crippen LogP contribution in [0.2, 0.25) is 5.02 Å². The van der Waals surface area contributed by atoms with E-state index in [0.29, 0.717) is 5.56 Å². The molecule has 14 heavy (non-hydrogen) atoms. The van der Waals surface area contributed by atoms with Gasteiger partial charge >= 0.3 is 51.4 Å². The molecule has 1 aromatic carbocycles. The Morgan fingerprint density at radius 2 is 1.93 bits per heavy atom. The maximum absolute atomic E-state index is 10.7. The van der Waals surface area contributed by atoms with E-state index in [-0.39, 0.29) is 62.1 Å². The van der Waals surface area contributed by atoms with E-state index in [4.69, 9.17) is 17.3 Å². The maximum Gasteiger partial charge on any atom is 1.00 e. The van der Waals surface area contributed by atoms with Crippen LogP contribution in [0.15, 0.2) is 17.0 Å². The van der Waals surface area contributed by atoms with Gasteiger partial charge in [0, 0.05) is 0 Å². The van der Waals surface area contributed by atoms with Crippen LogP contribution in [0.4, 0.5) is 5.69 Å². The largest absolute Gasteiger partial charge is 1.00 e. The molecule has 0 aromatic heterocycles. The molecule has 0 saturated heterocycles. The van der Waals surface area contributed by atoms with Crippen molar-refractivity contribution in [1.29, 1.82) is 0 Å². The first-order valence-corrected chi connectivity index (χ1v) is 5.13. The molecule has 0 saturated carbocycles. The van der Waals surface area contributed by atoms with Crippen LogP contribution in [0.3, 0.4) is 0 Å². The first-order chi connectivity index (χ1) is 5.84. The normalized spacial score (nSPS) is 10.8. The molecule has 0 fully saturated rings. The Balaban J connectivity index is 0.00000169. The van der Waals surface area contributed by atoms with Gasteiger partial charge in [0.05, 0.1) is 15.6 Å². The van der Waals surface area contributed by atoms with Crippen molar-refractivity contribution < 1.29 is 64.4 Å². The third kappa shape index (κ3) is 3.18. The van der Waals surface area contributed by atoms with E-state index in [9.17, 15) is 13.0 Å². The standard InChI is InChI=1S/C7H8ClNO3S.K/c1-4-2-3-5(8)7(6(4)9)13(10,11)12;/h2-3H,9H2,1H3,(H,10,11,12);/q;+1/p-1. The molecule has 0 aliphatic rings. The van der Waals surface area contributed by atoms with Crippen LogP contribution in [0.5, 0.6) is 0 Å². The third-order valence-electron chi connectivity index (χ3n) is 1.62. The summed E-state index contributed by atoms with van der Waals surface area (Å²) >= 11 is 5.53. The van der Waals surface area contributed by atoms with E-state index < -0.39 is 15.0 Å². The van der Waals surface area contributed by atoms with Crippen LogP contribution in [-0.2, 0) is 10.1 Å². The van der Waals surface area contributed by atoms with Crippen LogP contribution in [0, 0.1) is 6.92 Å². The molecule has 2 N–H and O–H groups in total. The van der Waals surface area contributed by atoms with Crippen LogP contribution in [-0.4, -0.2) is 13.0 Å². The van der Waals surface area contributed by atoms with E-state index in [2.05, 4.69) is 0 Å². The molecule has 0 aliphatic heterocycles. The minimum Gasteiger partial charge on any atom is -0.744 e. The number of hydrogen-bond donors (Lipinski definition) is 1. The summed E-state index contributed by atoms with van der Waals surface area (Å²) in [5.74, 6) is 0. The summed E-state index contributed by atoms with van der Waals surface area (Å²) in [5.41, 5.74) is 5.84. The zero-order valence-electron chi connectivity index (χ0n) is 7.74. The molecule has 7 heteroatoms. The molecule has 0 radical (unpaired) electrons. The molecule has 4 nitrogen and oxygen atoms in total. The summed E-state index contributed by atoms with van der Waals surface area (Å²) in [7, 11) is -4.59.